The number of amides is 1. The number of ether oxygens (including phenoxy) is 1. The molecule has 1 N–H and O–H groups in total. The summed E-state index contributed by atoms with van der Waals surface area (Å²) in [7, 11) is 0. The molecule has 0 spiro atoms. The lowest BCUT2D eigenvalue weighted by atomic mass is 9.93. The van der Waals surface area contributed by atoms with Gasteiger partial charge in [-0.1, -0.05) is 6.07 Å². The lowest BCUT2D eigenvalue weighted by molar-refractivity contribution is -0.143. The lowest BCUT2D eigenvalue weighted by Gasteiger charge is -2.28. The molecule has 0 bridgehead atoms. The molecule has 2 atom stereocenters. The van der Waals surface area contributed by atoms with E-state index in [9.17, 15) is 14.7 Å². The first-order valence-electron chi connectivity index (χ1n) is 7.39. The molecule has 1 fully saturated rings. The minimum atomic E-state index is -0.989. The molecule has 1 amide bonds. The van der Waals surface area contributed by atoms with Gasteiger partial charge >= 0.3 is 12.1 Å². The van der Waals surface area contributed by atoms with Crippen molar-refractivity contribution < 1.29 is 19.4 Å². The van der Waals surface area contributed by atoms with Crippen LogP contribution in [-0.2, 0) is 16.0 Å². The van der Waals surface area contributed by atoms with Crippen LogP contribution in [0.25, 0.3) is 0 Å². The standard InChI is InChI=1S/C16H22N2O4/c1-16(2,3)22-15(21)18-8-6-12(13(18)14(19)20)9-11-5-4-7-17-10-11/h4-5,7,10,12-13H,6,8-9H2,1-3H3,(H,19,20)/t12-,13-/m1/s1. The van der Waals surface area contributed by atoms with Crippen molar-refractivity contribution in [1.29, 1.82) is 0 Å². The highest BCUT2D eigenvalue weighted by Crippen LogP contribution is 2.29. The molecule has 0 unspecified atom stereocenters. The van der Waals surface area contributed by atoms with Gasteiger partial charge < -0.3 is 9.84 Å². The molecule has 0 aromatic carbocycles. The molecule has 1 aliphatic rings. The maximum absolute atomic E-state index is 12.2. The van der Waals surface area contributed by atoms with Gasteiger partial charge in [-0.25, -0.2) is 9.59 Å². The number of carbonyl (C=O) groups excluding carboxylic acids is 1. The Kier molecular flexibility index (Phi) is 4.68. The van der Waals surface area contributed by atoms with E-state index < -0.39 is 23.7 Å². The molecule has 1 aromatic rings. The van der Waals surface area contributed by atoms with E-state index in [4.69, 9.17) is 4.74 Å². The topological polar surface area (TPSA) is 79.7 Å². The highest BCUT2D eigenvalue weighted by molar-refractivity contribution is 5.81. The van der Waals surface area contributed by atoms with Crippen molar-refractivity contribution in [3.05, 3.63) is 30.1 Å². The molecule has 120 valence electrons. The number of carbonyl (C=O) groups is 2. The fraction of sp³-hybridized carbons (Fsp3) is 0.562. The Bertz CT molecular complexity index is 539. The van der Waals surface area contributed by atoms with E-state index in [1.807, 2.05) is 12.1 Å². The number of aliphatic carboxylic acids is 1. The summed E-state index contributed by atoms with van der Waals surface area (Å²) in [5, 5.41) is 9.51. The third kappa shape index (κ3) is 3.96. The predicted octanol–water partition coefficient (Wildman–Crippen LogP) is 2.33. The van der Waals surface area contributed by atoms with Crippen LogP contribution in [0.15, 0.2) is 24.5 Å². The van der Waals surface area contributed by atoms with E-state index in [0.717, 1.165) is 5.56 Å². The molecule has 0 radical (unpaired) electrons. The molecule has 1 saturated heterocycles. The Balaban J connectivity index is 2.11. The quantitative estimate of drug-likeness (QED) is 0.927. The normalized spacial score (nSPS) is 21.7. The third-order valence-electron chi connectivity index (χ3n) is 3.62. The van der Waals surface area contributed by atoms with E-state index in [1.165, 1.54) is 4.90 Å². The first-order valence-corrected chi connectivity index (χ1v) is 7.39. The van der Waals surface area contributed by atoms with Crippen molar-refractivity contribution in [2.45, 2.75) is 45.3 Å². The number of pyridine rings is 1. The monoisotopic (exact) mass is 306 g/mol. The van der Waals surface area contributed by atoms with Crippen LogP contribution in [0.1, 0.15) is 32.8 Å². The first kappa shape index (κ1) is 16.3. The number of hydrogen-bond acceptors (Lipinski definition) is 4. The summed E-state index contributed by atoms with van der Waals surface area (Å²) < 4.78 is 5.31. The van der Waals surface area contributed by atoms with Crippen LogP contribution in [0.2, 0.25) is 0 Å². The Morgan fingerprint density at radius 3 is 2.73 bits per heavy atom. The van der Waals surface area contributed by atoms with Gasteiger partial charge in [0, 0.05) is 18.9 Å². The summed E-state index contributed by atoms with van der Waals surface area (Å²) in [6.07, 6.45) is 4.08. The average molecular weight is 306 g/mol. The SMILES string of the molecule is CC(C)(C)OC(=O)N1CC[C@H](Cc2cccnc2)[C@@H]1C(=O)O. The lowest BCUT2D eigenvalue weighted by Crippen LogP contribution is -2.45. The van der Waals surface area contributed by atoms with Gasteiger partial charge in [0.15, 0.2) is 0 Å². The van der Waals surface area contributed by atoms with Gasteiger partial charge in [-0.3, -0.25) is 9.88 Å². The van der Waals surface area contributed by atoms with E-state index in [0.29, 0.717) is 19.4 Å². The van der Waals surface area contributed by atoms with E-state index in [2.05, 4.69) is 4.98 Å². The second-order valence-electron chi connectivity index (χ2n) is 6.57. The van der Waals surface area contributed by atoms with Gasteiger partial charge in [0.2, 0.25) is 0 Å². The van der Waals surface area contributed by atoms with Gasteiger partial charge in [0.05, 0.1) is 0 Å². The molecule has 0 aliphatic carbocycles. The van der Waals surface area contributed by atoms with E-state index >= 15 is 0 Å². The van der Waals surface area contributed by atoms with E-state index in [-0.39, 0.29) is 5.92 Å². The van der Waals surface area contributed by atoms with E-state index in [1.54, 1.807) is 33.2 Å². The van der Waals surface area contributed by atoms with Gasteiger partial charge in [0.25, 0.3) is 0 Å². The van der Waals surface area contributed by atoms with Crippen LogP contribution < -0.4 is 0 Å². The number of carboxylic acid groups (broad SMARTS) is 1. The smallest absolute Gasteiger partial charge is 0.411 e. The Labute approximate surface area is 130 Å². The van der Waals surface area contributed by atoms with Gasteiger partial charge in [0.1, 0.15) is 11.6 Å². The number of likely N-dealkylation sites (tertiary alicyclic amines) is 1. The molecule has 22 heavy (non-hydrogen) atoms. The van der Waals surface area contributed by atoms with Crippen LogP contribution in [0.4, 0.5) is 4.79 Å². The number of rotatable bonds is 3. The average Bonchev–Trinajstić information content (AvgIpc) is 2.82. The van der Waals surface area contributed by atoms with Crippen molar-refractivity contribution in [3.8, 4) is 0 Å². The maximum Gasteiger partial charge on any atom is 0.411 e. The van der Waals surface area contributed by atoms with Crippen LogP contribution in [-0.4, -0.2) is 45.2 Å². The molecule has 1 aromatic heterocycles. The molecule has 1 aliphatic heterocycles. The number of nitrogens with zero attached hydrogens (tertiary/aromatic N) is 2. The molecular formula is C16H22N2O4. The molecule has 0 saturated carbocycles. The Hall–Kier alpha value is -2.11. The van der Waals surface area contributed by atoms with Crippen LogP contribution >= 0.6 is 0 Å². The highest BCUT2D eigenvalue weighted by Gasteiger charge is 2.43. The number of hydrogen-bond donors (Lipinski definition) is 1. The first-order chi connectivity index (χ1) is 10.3. The van der Waals surface area contributed by atoms with Crippen molar-refractivity contribution in [2.24, 2.45) is 5.92 Å². The van der Waals surface area contributed by atoms with Crippen LogP contribution in [0, 0.1) is 5.92 Å². The van der Waals surface area contributed by atoms with Gasteiger partial charge in [-0.05, 0) is 51.2 Å². The molecule has 2 heterocycles. The predicted molar refractivity (Wildman–Crippen MR) is 80.4 cm³/mol. The fourth-order valence-corrected chi connectivity index (χ4v) is 2.75. The fourth-order valence-electron chi connectivity index (χ4n) is 2.75. The summed E-state index contributed by atoms with van der Waals surface area (Å²) in [5.74, 6) is -1.12. The van der Waals surface area contributed by atoms with Crippen molar-refractivity contribution in [2.75, 3.05) is 6.54 Å². The molecule has 6 nitrogen and oxygen atoms in total. The second-order valence-corrected chi connectivity index (χ2v) is 6.57. The zero-order chi connectivity index (χ0) is 16.3. The summed E-state index contributed by atoms with van der Waals surface area (Å²) in [5.41, 5.74) is 0.339. The van der Waals surface area contributed by atoms with Crippen molar-refractivity contribution >= 4 is 12.1 Å². The largest absolute Gasteiger partial charge is 0.480 e. The van der Waals surface area contributed by atoms with Crippen LogP contribution in [0.5, 0.6) is 0 Å². The zero-order valence-corrected chi connectivity index (χ0v) is 13.2. The van der Waals surface area contributed by atoms with Crippen molar-refractivity contribution in [3.63, 3.8) is 0 Å². The van der Waals surface area contributed by atoms with Gasteiger partial charge in [-0.2, -0.15) is 0 Å². The van der Waals surface area contributed by atoms with Crippen LogP contribution in [0.3, 0.4) is 0 Å². The maximum atomic E-state index is 12.2. The Morgan fingerprint density at radius 2 is 2.18 bits per heavy atom. The molecular weight excluding hydrogens is 284 g/mol. The molecule has 2 rings (SSSR count). The number of aromatic nitrogens is 1. The second kappa shape index (κ2) is 6.34. The minimum absolute atomic E-state index is 0.130. The summed E-state index contributed by atoms with van der Waals surface area (Å²) in [4.78, 5) is 29.2. The highest BCUT2D eigenvalue weighted by atomic mass is 16.6. The number of carboxylic acids is 1. The third-order valence-corrected chi connectivity index (χ3v) is 3.62. The minimum Gasteiger partial charge on any atom is -0.480 e. The summed E-state index contributed by atoms with van der Waals surface area (Å²) >= 11 is 0. The summed E-state index contributed by atoms with van der Waals surface area (Å²) in [6, 6.07) is 2.89. The summed E-state index contributed by atoms with van der Waals surface area (Å²) in [6.45, 7) is 5.70. The zero-order valence-electron chi connectivity index (χ0n) is 13.2. The van der Waals surface area contributed by atoms with Gasteiger partial charge in [-0.15, -0.1) is 0 Å². The Morgan fingerprint density at radius 1 is 1.45 bits per heavy atom. The van der Waals surface area contributed by atoms with Crippen molar-refractivity contribution in [1.82, 2.24) is 9.88 Å². The molecule has 6 heteroatoms.